The molecule has 7 N–H and O–H groups in total. The Balaban J connectivity index is 0.821. The minimum absolute atomic E-state index is 0.0328. The second-order valence-electron chi connectivity index (χ2n) is 19.5. The molecule has 3 aliphatic rings. The van der Waals surface area contributed by atoms with Gasteiger partial charge in [-0.15, -0.1) is 11.3 Å². The van der Waals surface area contributed by atoms with E-state index in [0.717, 1.165) is 49.6 Å². The summed E-state index contributed by atoms with van der Waals surface area (Å²) in [6, 6.07) is 22.0. The first-order chi connectivity index (χ1) is 33.2. The zero-order chi connectivity index (χ0) is 49.9. The Morgan fingerprint density at radius 2 is 1.80 bits per heavy atom. The molecule has 3 saturated heterocycles. The number of carboxylic acid groups (broad SMARTS) is 1. The fourth-order valence-corrected chi connectivity index (χ4v) is 14.5. The van der Waals surface area contributed by atoms with Crippen molar-refractivity contribution in [2.75, 3.05) is 43.5 Å². The monoisotopic (exact) mass is 1020 g/mol. The van der Waals surface area contributed by atoms with Crippen LogP contribution >= 0.6 is 22.9 Å². The van der Waals surface area contributed by atoms with Crippen molar-refractivity contribution >= 4 is 90.0 Å². The number of hydroxylamine groups is 3. The number of anilines is 2. The van der Waals surface area contributed by atoms with Gasteiger partial charge in [0.15, 0.2) is 29.4 Å². The molecule has 6 aromatic rings. The number of rotatable bonds is 15. The van der Waals surface area contributed by atoms with Crippen LogP contribution in [0.3, 0.4) is 0 Å². The summed E-state index contributed by atoms with van der Waals surface area (Å²) in [6.45, 7) is 8.83. The highest BCUT2D eigenvalue weighted by Crippen LogP contribution is 2.46. The summed E-state index contributed by atoms with van der Waals surface area (Å²) in [5.41, 5.74) is 3.25. The first kappa shape index (κ1) is 49.7. The molecule has 372 valence electrons. The smallest absolute Gasteiger partial charge is 0.349 e. The number of thiophene rings is 1. The normalized spacial score (nSPS) is 23.9. The molecule has 4 aromatic carbocycles. The molecule has 0 saturated carbocycles. The Morgan fingerprint density at radius 3 is 2.51 bits per heavy atom. The number of piperidine rings is 3. The van der Waals surface area contributed by atoms with Crippen LogP contribution in [0.4, 0.5) is 15.8 Å². The molecule has 9 rings (SSSR count). The van der Waals surface area contributed by atoms with E-state index in [1.54, 1.807) is 24.3 Å². The number of carbonyl (C=O) groups is 2. The van der Waals surface area contributed by atoms with Crippen LogP contribution in [0.2, 0.25) is 5.02 Å². The predicted octanol–water partition coefficient (Wildman–Crippen LogP) is 7.35. The van der Waals surface area contributed by atoms with Crippen molar-refractivity contribution in [3.63, 3.8) is 0 Å². The average Bonchev–Trinajstić information content (AvgIpc) is 3.79. The number of quaternary nitrogens is 1. The Labute approximate surface area is 414 Å². The molecule has 19 heteroatoms. The third-order valence-electron chi connectivity index (χ3n) is 14.2. The molecular weight excluding hydrogens is 959 g/mol. The Bertz CT molecular complexity index is 3140. The lowest BCUT2D eigenvalue weighted by molar-refractivity contribution is -0.882. The number of aromatic nitrogens is 1. The van der Waals surface area contributed by atoms with Gasteiger partial charge >= 0.3 is 5.97 Å². The minimum atomic E-state index is -3.03. The van der Waals surface area contributed by atoms with E-state index in [4.69, 9.17) is 16.3 Å². The highest BCUT2D eigenvalue weighted by molar-refractivity contribution is 7.97. The van der Waals surface area contributed by atoms with Gasteiger partial charge in [-0.25, -0.2) is 13.5 Å². The van der Waals surface area contributed by atoms with Crippen molar-refractivity contribution in [3.05, 3.63) is 110 Å². The highest BCUT2D eigenvalue weighted by atomic mass is 35.5. The van der Waals surface area contributed by atoms with Gasteiger partial charge in [0.2, 0.25) is 5.91 Å². The molecule has 1 amide bonds. The number of nitrogens with one attached hydrogen (secondary N) is 3. The zero-order valence-corrected chi connectivity index (χ0v) is 41.3. The van der Waals surface area contributed by atoms with Gasteiger partial charge in [-0.3, -0.25) is 9.00 Å². The topological polar surface area (TPSA) is 209 Å². The van der Waals surface area contributed by atoms with Gasteiger partial charge in [-0.1, -0.05) is 66.7 Å². The second kappa shape index (κ2) is 19.4. The summed E-state index contributed by atoms with van der Waals surface area (Å²) in [7, 11) is -3.03. The van der Waals surface area contributed by atoms with Gasteiger partial charge < -0.3 is 55.5 Å². The van der Waals surface area contributed by atoms with Crippen molar-refractivity contribution < 1.29 is 48.0 Å². The maximum Gasteiger partial charge on any atom is 0.349 e. The number of ether oxygens (including phenoxy) is 1. The number of halogens is 2. The summed E-state index contributed by atoms with van der Waals surface area (Å²) in [5, 5.41) is 65.7. The second-order valence-corrected chi connectivity index (χ2v) is 23.1. The van der Waals surface area contributed by atoms with Crippen molar-refractivity contribution in [3.8, 4) is 16.2 Å². The largest absolute Gasteiger partial charge is 0.631 e. The fourth-order valence-electron chi connectivity index (χ4n) is 10.9. The Kier molecular flexibility index (Phi) is 13.8. The maximum atomic E-state index is 16.3. The van der Waals surface area contributed by atoms with Crippen LogP contribution in [0.25, 0.3) is 38.7 Å². The quantitative estimate of drug-likeness (QED) is 0.0234. The first-order valence-electron chi connectivity index (χ1n) is 23.4. The van der Waals surface area contributed by atoms with E-state index in [2.05, 4.69) is 40.5 Å². The molecule has 0 bridgehead atoms. The number of carboxylic acids is 1. The van der Waals surface area contributed by atoms with Crippen LogP contribution in [0.1, 0.15) is 85.1 Å². The van der Waals surface area contributed by atoms with Crippen LogP contribution in [-0.2, 0) is 20.3 Å². The van der Waals surface area contributed by atoms with E-state index in [0.29, 0.717) is 68.6 Å². The number of nitrogens with zero attached hydrogens (tertiary/aromatic N) is 3. The van der Waals surface area contributed by atoms with Crippen molar-refractivity contribution in [2.24, 2.45) is 0 Å². The van der Waals surface area contributed by atoms with Gasteiger partial charge in [0.25, 0.3) is 0 Å². The Hall–Kier alpha value is -5.28. The van der Waals surface area contributed by atoms with E-state index < -0.39 is 56.8 Å². The molecule has 70 heavy (non-hydrogen) atoms. The summed E-state index contributed by atoms with van der Waals surface area (Å²) >= 11 is 7.50. The van der Waals surface area contributed by atoms with E-state index in [-0.39, 0.29) is 57.2 Å². The lowest BCUT2D eigenvalue weighted by atomic mass is 9.85. The van der Waals surface area contributed by atoms with Crippen LogP contribution in [0, 0.1) is 11.0 Å². The molecule has 3 aliphatic heterocycles. The van der Waals surface area contributed by atoms with Crippen LogP contribution in [0.15, 0.2) is 72.8 Å². The van der Waals surface area contributed by atoms with Crippen LogP contribution in [-0.4, -0.2) is 113 Å². The summed E-state index contributed by atoms with van der Waals surface area (Å²) < 4.78 is 39.5. The summed E-state index contributed by atoms with van der Waals surface area (Å²) in [6.07, 6.45) is 0.734. The number of hydrogen-bond donors (Lipinski definition) is 7. The lowest BCUT2D eigenvalue weighted by Crippen LogP contribution is -2.55. The number of aromatic carboxylic acids is 1. The fraction of sp³-hybridized carbons (Fsp3) is 0.392. The van der Waals surface area contributed by atoms with E-state index in [1.807, 2.05) is 59.1 Å². The van der Waals surface area contributed by atoms with E-state index >= 15 is 4.39 Å². The number of hydrogen-bond acceptors (Lipinski definition) is 11. The van der Waals surface area contributed by atoms with Gasteiger partial charge in [-0.05, 0) is 92.1 Å². The molecule has 2 aromatic heterocycles. The van der Waals surface area contributed by atoms with Crippen LogP contribution in [0.5, 0.6) is 5.75 Å². The number of aliphatic hydroxyl groups excluding tert-OH is 2. The molecule has 0 aliphatic carbocycles. The predicted molar refractivity (Wildman–Crippen MR) is 275 cm³/mol. The summed E-state index contributed by atoms with van der Waals surface area (Å²) in [4.78, 5) is 25.2. The zero-order valence-electron chi connectivity index (χ0n) is 39.0. The van der Waals surface area contributed by atoms with Crippen molar-refractivity contribution in [1.29, 1.82) is 0 Å². The SMILES string of the molecule is C=c1c2cccc3c(C4CC[N+]([O-])(CNc5cccc(CS(=C)(=O)N6CC[C@@H](Nc7cccc(-c8sc(C(=O)O)c(OCC(O)O)c8Cl)c7)CC6(C)C)c5F)CC4)ccc(c32)n1C1CCC(O)NC1=O. The van der Waals surface area contributed by atoms with Crippen molar-refractivity contribution in [1.82, 2.24) is 14.2 Å². The molecule has 5 heterocycles. The molecule has 0 spiro atoms. The highest BCUT2D eigenvalue weighted by Gasteiger charge is 2.40. The first-order valence-corrected chi connectivity index (χ1v) is 26.4. The maximum absolute atomic E-state index is 16.3. The third kappa shape index (κ3) is 9.73. The number of amides is 1. The lowest BCUT2D eigenvalue weighted by Gasteiger charge is -2.47. The molecule has 3 fully saturated rings. The Morgan fingerprint density at radius 1 is 1.07 bits per heavy atom. The molecule has 4 atom stereocenters. The van der Waals surface area contributed by atoms with E-state index in [9.17, 15) is 39.4 Å². The van der Waals surface area contributed by atoms with Gasteiger partial charge in [-0.2, -0.15) is 0 Å². The standard InChI is InChI=1S/C51H58ClFN6O9S2/c1-29-35-11-7-12-37-36(14-15-39(43(35)37)58(29)40-16-17-41(60)56-49(40)63)30-19-22-59(66,23-20-30)28-54-38-13-6-9-32(45(38)53)27-70(4,67)57-21-18-34(25-51(57,2)3)55-33-10-5-8-31(24-33)47-44(52)46(68-26-42(61)62)48(69-47)50(64)65/h5-15,24,30,34,40-42,54-55,60-62H,1,4,16-23,25-28H2,2-3H3,(H,56,63)(H,64,65)/t30?,34-,40?,41?,59?,70?/m1/s1. The number of carbonyl (C=O) groups excluding carboxylic acids is 1. The minimum Gasteiger partial charge on any atom is -0.631 e. The molecule has 0 radical (unpaired) electrons. The van der Waals surface area contributed by atoms with Crippen molar-refractivity contribution in [2.45, 2.75) is 94.2 Å². The van der Waals surface area contributed by atoms with Gasteiger partial charge in [0, 0.05) is 68.0 Å². The molecule has 3 unspecified atom stereocenters. The third-order valence-corrected chi connectivity index (χ3v) is 18.1. The van der Waals surface area contributed by atoms with Gasteiger partial charge in [0.05, 0.1) is 34.9 Å². The van der Waals surface area contributed by atoms with Crippen LogP contribution < -0.4 is 26.0 Å². The number of likely N-dealkylation sites (tertiary alicyclic amines) is 1. The summed E-state index contributed by atoms with van der Waals surface area (Å²) in [5.74, 6) is 1.97. The van der Waals surface area contributed by atoms with E-state index in [1.165, 1.54) is 0 Å². The van der Waals surface area contributed by atoms with Gasteiger partial charge in [0.1, 0.15) is 23.9 Å². The molecular formula is C51H58ClFN6O9S2. The molecule has 15 nitrogen and oxygen atoms in total. The number of benzene rings is 4. The average molecular weight is 1020 g/mol. The number of aliphatic hydroxyl groups is 3.